The van der Waals surface area contributed by atoms with Gasteiger partial charge >= 0.3 is 0 Å². The highest BCUT2D eigenvalue weighted by molar-refractivity contribution is 6.22. The third-order valence-electron chi connectivity index (χ3n) is 12.3. The molecule has 0 spiro atoms. The standard InChI is InChI=1S/C62H43N/c1-5-18-44(19-6-1)45-32-34-46(35-33-45)47-36-39-53(40-37-47)63(60-31-16-15-28-55(60)48-20-7-2-8-21-48)54-27-17-26-51(42-54)52-38-41-57-56-29-13-14-30-58(56)61(49-22-9-3-10-23-49)62(59(57)43-52)50-24-11-4-12-25-50/h1-43H. The second-order valence-electron chi connectivity index (χ2n) is 16.0. The van der Waals surface area contributed by atoms with E-state index in [0.29, 0.717) is 0 Å². The Hall–Kier alpha value is -8.26. The first kappa shape index (κ1) is 37.7. The van der Waals surface area contributed by atoms with Crippen molar-refractivity contribution in [1.29, 1.82) is 0 Å². The number of anilines is 3. The third-order valence-corrected chi connectivity index (χ3v) is 12.3. The van der Waals surface area contributed by atoms with Crippen LogP contribution in [-0.4, -0.2) is 0 Å². The zero-order valence-electron chi connectivity index (χ0n) is 34.8. The summed E-state index contributed by atoms with van der Waals surface area (Å²) in [6.07, 6.45) is 0. The molecule has 0 aromatic heterocycles. The number of fused-ring (bicyclic) bond motifs is 3. The largest absolute Gasteiger partial charge is 0.310 e. The molecule has 0 amide bonds. The Morgan fingerprint density at radius 2 is 0.619 bits per heavy atom. The molecule has 0 heterocycles. The molecule has 0 radical (unpaired) electrons. The van der Waals surface area contributed by atoms with Gasteiger partial charge in [0.1, 0.15) is 0 Å². The van der Waals surface area contributed by atoms with Gasteiger partial charge in [0.15, 0.2) is 0 Å². The average molecular weight is 802 g/mol. The molecule has 1 nitrogen and oxygen atoms in total. The maximum absolute atomic E-state index is 2.41. The fourth-order valence-electron chi connectivity index (χ4n) is 9.25. The van der Waals surface area contributed by atoms with Crippen LogP contribution in [0.5, 0.6) is 0 Å². The van der Waals surface area contributed by atoms with Crippen molar-refractivity contribution >= 4 is 38.6 Å². The van der Waals surface area contributed by atoms with Crippen LogP contribution in [0, 0.1) is 0 Å². The van der Waals surface area contributed by atoms with E-state index in [1.54, 1.807) is 0 Å². The van der Waals surface area contributed by atoms with Crippen LogP contribution in [0.15, 0.2) is 261 Å². The van der Waals surface area contributed by atoms with Crippen molar-refractivity contribution in [3.8, 4) is 66.8 Å². The van der Waals surface area contributed by atoms with Gasteiger partial charge in [-0.25, -0.2) is 0 Å². The summed E-state index contributed by atoms with van der Waals surface area (Å²) in [4.78, 5) is 2.41. The molecule has 0 saturated heterocycles. The van der Waals surface area contributed by atoms with E-state index in [9.17, 15) is 0 Å². The summed E-state index contributed by atoms with van der Waals surface area (Å²) in [5, 5.41) is 5.00. The lowest BCUT2D eigenvalue weighted by Gasteiger charge is -2.28. The zero-order chi connectivity index (χ0) is 42.0. The van der Waals surface area contributed by atoms with Crippen LogP contribution in [0.1, 0.15) is 0 Å². The van der Waals surface area contributed by atoms with Crippen molar-refractivity contribution in [2.24, 2.45) is 0 Å². The Morgan fingerprint density at radius 3 is 1.24 bits per heavy atom. The molecule has 0 bridgehead atoms. The molecule has 11 aromatic rings. The topological polar surface area (TPSA) is 3.24 Å². The molecule has 63 heavy (non-hydrogen) atoms. The minimum absolute atomic E-state index is 1.09. The molecule has 0 saturated carbocycles. The predicted octanol–water partition coefficient (Wildman–Crippen LogP) is 17.5. The Bertz CT molecular complexity index is 3340. The number of hydrogen-bond acceptors (Lipinski definition) is 1. The second-order valence-corrected chi connectivity index (χ2v) is 16.0. The number of benzene rings is 11. The summed E-state index contributed by atoms with van der Waals surface area (Å²) in [5.74, 6) is 0. The maximum Gasteiger partial charge on any atom is 0.0540 e. The summed E-state index contributed by atoms with van der Waals surface area (Å²) < 4.78 is 0. The molecule has 0 aliphatic carbocycles. The molecule has 0 unspecified atom stereocenters. The molecule has 0 aliphatic heterocycles. The number of nitrogens with zero attached hydrogens (tertiary/aromatic N) is 1. The average Bonchev–Trinajstić information content (AvgIpc) is 3.37. The highest BCUT2D eigenvalue weighted by Gasteiger charge is 2.20. The SMILES string of the molecule is c1ccc(-c2ccc(-c3ccc(N(c4cccc(-c5ccc6c(c5)c(-c5ccccc5)c(-c5ccccc5)c5ccccc56)c4)c4ccccc4-c4ccccc4)cc3)cc2)cc1. The van der Waals surface area contributed by atoms with Gasteiger partial charge in [0.05, 0.1) is 5.69 Å². The Morgan fingerprint density at radius 1 is 0.206 bits per heavy atom. The minimum atomic E-state index is 1.09. The Balaban J connectivity index is 1.06. The molecular formula is C62H43N. The summed E-state index contributed by atoms with van der Waals surface area (Å²) in [6, 6.07) is 94.6. The van der Waals surface area contributed by atoms with E-state index in [0.717, 1.165) is 22.6 Å². The molecule has 0 fully saturated rings. The monoisotopic (exact) mass is 801 g/mol. The van der Waals surface area contributed by atoms with Crippen molar-refractivity contribution in [3.63, 3.8) is 0 Å². The summed E-state index contributed by atoms with van der Waals surface area (Å²) >= 11 is 0. The molecule has 0 atom stereocenters. The van der Waals surface area contributed by atoms with Gasteiger partial charge < -0.3 is 4.90 Å². The maximum atomic E-state index is 2.41. The lowest BCUT2D eigenvalue weighted by atomic mass is 9.84. The highest BCUT2D eigenvalue weighted by atomic mass is 15.1. The van der Waals surface area contributed by atoms with Gasteiger partial charge in [-0.05, 0) is 119 Å². The lowest BCUT2D eigenvalue weighted by Crippen LogP contribution is -2.11. The molecule has 0 aliphatic rings. The van der Waals surface area contributed by atoms with E-state index < -0.39 is 0 Å². The van der Waals surface area contributed by atoms with Crippen molar-refractivity contribution in [1.82, 2.24) is 0 Å². The fraction of sp³-hybridized carbons (Fsp3) is 0. The molecule has 11 aromatic carbocycles. The zero-order valence-corrected chi connectivity index (χ0v) is 34.8. The van der Waals surface area contributed by atoms with Crippen LogP contribution in [0.4, 0.5) is 17.1 Å². The van der Waals surface area contributed by atoms with Gasteiger partial charge in [0, 0.05) is 16.9 Å². The van der Waals surface area contributed by atoms with Crippen LogP contribution < -0.4 is 4.90 Å². The second kappa shape index (κ2) is 16.7. The van der Waals surface area contributed by atoms with E-state index in [-0.39, 0.29) is 0 Å². The van der Waals surface area contributed by atoms with Crippen LogP contribution in [0.25, 0.3) is 88.3 Å². The first-order chi connectivity index (χ1) is 31.3. The number of hydrogen-bond donors (Lipinski definition) is 0. The van der Waals surface area contributed by atoms with Crippen LogP contribution >= 0.6 is 0 Å². The summed E-state index contributed by atoms with van der Waals surface area (Å²) in [7, 11) is 0. The highest BCUT2D eigenvalue weighted by Crippen LogP contribution is 2.47. The van der Waals surface area contributed by atoms with Crippen molar-refractivity contribution in [2.45, 2.75) is 0 Å². The predicted molar refractivity (Wildman–Crippen MR) is 269 cm³/mol. The first-order valence-corrected chi connectivity index (χ1v) is 21.7. The molecule has 0 N–H and O–H groups in total. The van der Waals surface area contributed by atoms with Gasteiger partial charge in [0.2, 0.25) is 0 Å². The first-order valence-electron chi connectivity index (χ1n) is 21.7. The smallest absolute Gasteiger partial charge is 0.0540 e. The van der Waals surface area contributed by atoms with Crippen LogP contribution in [-0.2, 0) is 0 Å². The quantitative estimate of drug-likeness (QED) is 0.131. The lowest BCUT2D eigenvalue weighted by molar-refractivity contribution is 1.28. The van der Waals surface area contributed by atoms with E-state index in [1.807, 2.05) is 0 Å². The molecule has 1 heteroatoms. The fourth-order valence-corrected chi connectivity index (χ4v) is 9.25. The van der Waals surface area contributed by atoms with Gasteiger partial charge in [-0.1, -0.05) is 224 Å². The Kier molecular flexibility index (Phi) is 9.97. The van der Waals surface area contributed by atoms with Crippen molar-refractivity contribution in [2.75, 3.05) is 4.90 Å². The molecular weight excluding hydrogens is 759 g/mol. The van der Waals surface area contributed by atoms with Crippen molar-refractivity contribution < 1.29 is 0 Å². The van der Waals surface area contributed by atoms with Gasteiger partial charge in [-0.15, -0.1) is 0 Å². The van der Waals surface area contributed by atoms with E-state index in [2.05, 4.69) is 266 Å². The third kappa shape index (κ3) is 7.26. The normalized spacial score (nSPS) is 11.2. The van der Waals surface area contributed by atoms with Crippen LogP contribution in [0.2, 0.25) is 0 Å². The summed E-state index contributed by atoms with van der Waals surface area (Å²) in [5.41, 5.74) is 17.7. The molecule has 296 valence electrons. The number of para-hydroxylation sites is 1. The van der Waals surface area contributed by atoms with Gasteiger partial charge in [0.25, 0.3) is 0 Å². The summed E-state index contributed by atoms with van der Waals surface area (Å²) in [6.45, 7) is 0. The van der Waals surface area contributed by atoms with Crippen LogP contribution in [0.3, 0.4) is 0 Å². The minimum Gasteiger partial charge on any atom is -0.310 e. The van der Waals surface area contributed by atoms with E-state index >= 15 is 0 Å². The molecule has 11 rings (SSSR count). The van der Waals surface area contributed by atoms with Gasteiger partial charge in [-0.3, -0.25) is 0 Å². The van der Waals surface area contributed by atoms with E-state index in [4.69, 9.17) is 0 Å². The van der Waals surface area contributed by atoms with Gasteiger partial charge in [-0.2, -0.15) is 0 Å². The van der Waals surface area contributed by atoms with E-state index in [1.165, 1.54) is 82.7 Å². The number of rotatable bonds is 9. The van der Waals surface area contributed by atoms with Crippen molar-refractivity contribution in [3.05, 3.63) is 261 Å². The Labute approximate surface area is 369 Å².